The van der Waals surface area contributed by atoms with Gasteiger partial charge in [-0.05, 0) is 25.5 Å². The van der Waals surface area contributed by atoms with Crippen molar-refractivity contribution < 1.29 is 9.90 Å². The normalized spacial score (nSPS) is 11.9. The Bertz CT molecular complexity index is 401. The molecule has 3 heteroatoms. The van der Waals surface area contributed by atoms with Crippen LogP contribution in [0.25, 0.3) is 0 Å². The predicted octanol–water partition coefficient (Wildman–Crippen LogP) is 2.85. The van der Waals surface area contributed by atoms with Crippen molar-refractivity contribution in [3.63, 3.8) is 0 Å². The van der Waals surface area contributed by atoms with Crippen LogP contribution in [0.1, 0.15) is 18.9 Å². The second kappa shape index (κ2) is 6.09. The molecule has 0 heterocycles. The quantitative estimate of drug-likeness (QED) is 0.768. The van der Waals surface area contributed by atoms with E-state index >= 15 is 0 Å². The molecule has 0 aliphatic rings. The Hall–Kier alpha value is -1.77. The highest BCUT2D eigenvalue weighted by Crippen LogP contribution is 2.22. The summed E-state index contributed by atoms with van der Waals surface area (Å²) in [5.74, 6) is -0.778. The van der Waals surface area contributed by atoms with Crippen molar-refractivity contribution in [2.24, 2.45) is 0 Å². The van der Waals surface area contributed by atoms with Gasteiger partial charge in [-0.15, -0.1) is 6.58 Å². The number of carbonyl (C=O) groups is 1. The molecule has 0 radical (unpaired) electrons. The molecule has 0 bridgehead atoms. The van der Waals surface area contributed by atoms with Crippen LogP contribution in [0.4, 0.5) is 5.69 Å². The van der Waals surface area contributed by atoms with E-state index < -0.39 is 5.97 Å². The zero-order chi connectivity index (χ0) is 12.8. The first kappa shape index (κ1) is 13.3. The second-order valence-corrected chi connectivity index (χ2v) is 4.10. The third kappa shape index (κ3) is 3.63. The lowest BCUT2D eigenvalue weighted by Crippen LogP contribution is -2.34. The molecule has 0 saturated heterocycles. The van der Waals surface area contributed by atoms with Crippen molar-refractivity contribution >= 4 is 11.7 Å². The fourth-order valence-corrected chi connectivity index (χ4v) is 1.77. The zero-order valence-corrected chi connectivity index (χ0v) is 10.4. The molecule has 1 aromatic carbocycles. The molecule has 92 valence electrons. The van der Waals surface area contributed by atoms with Gasteiger partial charge < -0.3 is 10.0 Å². The Morgan fingerprint density at radius 2 is 2.18 bits per heavy atom. The number of rotatable bonds is 6. The van der Waals surface area contributed by atoms with Gasteiger partial charge in [-0.2, -0.15) is 0 Å². The van der Waals surface area contributed by atoms with E-state index in [1.807, 2.05) is 44.2 Å². The average Bonchev–Trinajstić information content (AvgIpc) is 2.30. The molecule has 1 aromatic rings. The van der Waals surface area contributed by atoms with Gasteiger partial charge in [-0.25, -0.2) is 0 Å². The van der Waals surface area contributed by atoms with Crippen LogP contribution in [-0.4, -0.2) is 23.7 Å². The number of hydrogen-bond donors (Lipinski definition) is 1. The number of para-hydroxylation sites is 1. The van der Waals surface area contributed by atoms with Gasteiger partial charge in [0.25, 0.3) is 0 Å². The van der Waals surface area contributed by atoms with Crippen LogP contribution >= 0.6 is 0 Å². The Morgan fingerprint density at radius 3 is 2.71 bits per heavy atom. The van der Waals surface area contributed by atoms with Crippen LogP contribution in [0.2, 0.25) is 0 Å². The van der Waals surface area contributed by atoms with E-state index in [-0.39, 0.29) is 12.5 Å². The standard InChI is InChI=1S/C14H19NO2/c1-4-12(3)15(10-9-14(16)17)13-8-6-5-7-11(13)2/h4-8,12H,1,9-10H2,2-3H3,(H,16,17). The fourth-order valence-electron chi connectivity index (χ4n) is 1.77. The van der Waals surface area contributed by atoms with E-state index in [0.29, 0.717) is 6.54 Å². The molecule has 0 aromatic heterocycles. The molecule has 0 saturated carbocycles. The Kier molecular flexibility index (Phi) is 4.76. The van der Waals surface area contributed by atoms with Crippen LogP contribution in [0.5, 0.6) is 0 Å². The predicted molar refractivity (Wildman–Crippen MR) is 70.4 cm³/mol. The summed E-state index contributed by atoms with van der Waals surface area (Å²) >= 11 is 0. The Morgan fingerprint density at radius 1 is 1.53 bits per heavy atom. The lowest BCUT2D eigenvalue weighted by Gasteiger charge is -2.30. The minimum Gasteiger partial charge on any atom is -0.481 e. The summed E-state index contributed by atoms with van der Waals surface area (Å²) in [5.41, 5.74) is 2.22. The van der Waals surface area contributed by atoms with E-state index in [2.05, 4.69) is 11.5 Å². The van der Waals surface area contributed by atoms with Gasteiger partial charge in [0, 0.05) is 18.3 Å². The van der Waals surface area contributed by atoms with E-state index in [4.69, 9.17) is 5.11 Å². The average molecular weight is 233 g/mol. The van der Waals surface area contributed by atoms with Crippen molar-refractivity contribution in [1.29, 1.82) is 0 Å². The molecular formula is C14H19NO2. The van der Waals surface area contributed by atoms with Crippen molar-refractivity contribution in [3.8, 4) is 0 Å². The monoisotopic (exact) mass is 233 g/mol. The molecule has 1 N–H and O–H groups in total. The lowest BCUT2D eigenvalue weighted by atomic mass is 10.1. The van der Waals surface area contributed by atoms with Crippen molar-refractivity contribution in [2.75, 3.05) is 11.4 Å². The molecule has 0 fully saturated rings. The van der Waals surface area contributed by atoms with E-state index in [0.717, 1.165) is 11.3 Å². The first-order chi connectivity index (χ1) is 8.06. The number of carboxylic acid groups (broad SMARTS) is 1. The summed E-state index contributed by atoms with van der Waals surface area (Å²) in [6.45, 7) is 8.31. The van der Waals surface area contributed by atoms with Crippen LogP contribution in [0.3, 0.4) is 0 Å². The molecular weight excluding hydrogens is 214 g/mol. The Balaban J connectivity index is 2.93. The topological polar surface area (TPSA) is 40.5 Å². The van der Waals surface area contributed by atoms with Crippen LogP contribution in [0.15, 0.2) is 36.9 Å². The number of benzene rings is 1. The smallest absolute Gasteiger partial charge is 0.305 e. The SMILES string of the molecule is C=CC(C)N(CCC(=O)O)c1ccccc1C. The number of carboxylic acids is 1. The molecule has 0 spiro atoms. The molecule has 0 aliphatic carbocycles. The van der Waals surface area contributed by atoms with E-state index in [1.54, 1.807) is 0 Å². The number of aliphatic carboxylic acids is 1. The molecule has 0 amide bonds. The van der Waals surface area contributed by atoms with Gasteiger partial charge in [0.15, 0.2) is 0 Å². The maximum atomic E-state index is 10.7. The highest BCUT2D eigenvalue weighted by Gasteiger charge is 2.14. The Labute approximate surface area is 102 Å². The largest absolute Gasteiger partial charge is 0.481 e. The number of hydrogen-bond acceptors (Lipinski definition) is 2. The third-order valence-corrected chi connectivity index (χ3v) is 2.82. The molecule has 17 heavy (non-hydrogen) atoms. The molecule has 1 atom stereocenters. The first-order valence-corrected chi connectivity index (χ1v) is 5.73. The van der Waals surface area contributed by atoms with Crippen LogP contribution < -0.4 is 4.90 Å². The van der Waals surface area contributed by atoms with Crippen LogP contribution in [-0.2, 0) is 4.79 Å². The third-order valence-electron chi connectivity index (χ3n) is 2.82. The highest BCUT2D eigenvalue weighted by atomic mass is 16.4. The number of anilines is 1. The minimum absolute atomic E-state index is 0.121. The van der Waals surface area contributed by atoms with Gasteiger partial charge in [0.2, 0.25) is 0 Å². The maximum absolute atomic E-state index is 10.7. The summed E-state index contributed by atoms with van der Waals surface area (Å²) in [5, 5.41) is 8.78. The van der Waals surface area contributed by atoms with Gasteiger partial charge in [-0.1, -0.05) is 24.3 Å². The summed E-state index contributed by atoms with van der Waals surface area (Å²) in [7, 11) is 0. The highest BCUT2D eigenvalue weighted by molar-refractivity contribution is 5.68. The summed E-state index contributed by atoms with van der Waals surface area (Å²) < 4.78 is 0. The van der Waals surface area contributed by atoms with E-state index in [9.17, 15) is 4.79 Å². The van der Waals surface area contributed by atoms with E-state index in [1.165, 1.54) is 0 Å². The van der Waals surface area contributed by atoms with Crippen molar-refractivity contribution in [1.82, 2.24) is 0 Å². The van der Waals surface area contributed by atoms with Crippen LogP contribution in [0, 0.1) is 6.92 Å². The second-order valence-electron chi connectivity index (χ2n) is 4.10. The molecule has 1 unspecified atom stereocenters. The first-order valence-electron chi connectivity index (χ1n) is 5.73. The maximum Gasteiger partial charge on any atom is 0.305 e. The molecule has 3 nitrogen and oxygen atoms in total. The minimum atomic E-state index is -0.778. The summed E-state index contributed by atoms with van der Waals surface area (Å²) in [6, 6.07) is 8.10. The van der Waals surface area contributed by atoms with Gasteiger partial charge in [-0.3, -0.25) is 4.79 Å². The summed E-state index contributed by atoms with van der Waals surface area (Å²) in [6.07, 6.45) is 1.96. The zero-order valence-electron chi connectivity index (χ0n) is 10.4. The van der Waals surface area contributed by atoms with Crippen molar-refractivity contribution in [2.45, 2.75) is 26.3 Å². The van der Waals surface area contributed by atoms with Crippen molar-refractivity contribution in [3.05, 3.63) is 42.5 Å². The van der Waals surface area contributed by atoms with Gasteiger partial charge in [0.05, 0.1) is 6.42 Å². The number of nitrogens with zero attached hydrogens (tertiary/aromatic N) is 1. The molecule has 0 aliphatic heterocycles. The lowest BCUT2D eigenvalue weighted by molar-refractivity contribution is -0.136. The fraction of sp³-hybridized carbons (Fsp3) is 0.357. The molecule has 1 rings (SSSR count). The van der Waals surface area contributed by atoms with Gasteiger partial charge in [0.1, 0.15) is 0 Å². The number of aryl methyl sites for hydroxylation is 1. The van der Waals surface area contributed by atoms with Gasteiger partial charge >= 0.3 is 5.97 Å². The summed E-state index contributed by atoms with van der Waals surface area (Å²) in [4.78, 5) is 12.7.